The highest BCUT2D eigenvalue weighted by atomic mass is 79.9. The molecule has 6 heteroatoms. The van der Waals surface area contributed by atoms with E-state index >= 15 is 0 Å². The van der Waals surface area contributed by atoms with Crippen LogP contribution in [-0.2, 0) is 0 Å². The van der Waals surface area contributed by atoms with Crippen molar-refractivity contribution >= 4 is 31.9 Å². The van der Waals surface area contributed by atoms with Crippen LogP contribution in [-0.4, -0.2) is 15.0 Å². The molecule has 0 aliphatic carbocycles. The molecule has 0 aromatic carbocycles. The summed E-state index contributed by atoms with van der Waals surface area (Å²) in [6.45, 7) is -0.785. The Hall–Kier alpha value is 0.290. The van der Waals surface area contributed by atoms with Crippen molar-refractivity contribution in [2.75, 3.05) is 6.54 Å². The molecule has 0 N–H and O–H groups in total. The van der Waals surface area contributed by atoms with E-state index in [0.717, 1.165) is 0 Å². The van der Waals surface area contributed by atoms with Gasteiger partial charge in [0.2, 0.25) is 0 Å². The lowest BCUT2D eigenvalue weighted by molar-refractivity contribution is -0.484. The van der Waals surface area contributed by atoms with Gasteiger partial charge < -0.3 is 0 Å². The minimum absolute atomic E-state index is 0.760. The Morgan fingerprint density at radius 2 is 2.12 bits per heavy atom. The summed E-state index contributed by atoms with van der Waals surface area (Å²) in [7, 11) is 0. The largest absolute Gasteiger partial charge is 0.282 e. The van der Waals surface area contributed by atoms with Gasteiger partial charge in [0.05, 0.1) is 0 Å². The lowest BCUT2D eigenvalue weighted by Crippen LogP contribution is -2.17. The average molecular weight is 251 g/mol. The summed E-state index contributed by atoms with van der Waals surface area (Å²) in [4.78, 5) is 8.76. The van der Waals surface area contributed by atoms with E-state index in [0.29, 0.717) is 0 Å². The fraction of sp³-hybridized carbons (Fsp3) is 1.00. The van der Waals surface area contributed by atoms with Crippen LogP contribution in [0.5, 0.6) is 0 Å². The summed E-state index contributed by atoms with van der Waals surface area (Å²) in [6, 6.07) is 0. The first kappa shape index (κ1) is 8.29. The van der Waals surface area contributed by atoms with Crippen LogP contribution in [0.2, 0.25) is 0 Å². The van der Waals surface area contributed by atoms with Gasteiger partial charge in [-0.15, -0.1) is 0 Å². The molecule has 0 aromatic rings. The van der Waals surface area contributed by atoms with Crippen LogP contribution in [0.25, 0.3) is 0 Å². The van der Waals surface area contributed by atoms with E-state index in [4.69, 9.17) is 0 Å². The zero-order chi connectivity index (χ0) is 6.78. The van der Waals surface area contributed by atoms with E-state index in [1.165, 1.54) is 0 Å². The maximum Gasteiger partial charge on any atom is 0.282 e. The van der Waals surface area contributed by atoms with Crippen LogP contribution in [0.3, 0.4) is 0 Å². The van der Waals surface area contributed by atoms with Crippen LogP contribution in [0, 0.1) is 10.1 Å². The summed E-state index contributed by atoms with van der Waals surface area (Å²) in [5.41, 5.74) is 0. The smallest absolute Gasteiger partial charge is 0.264 e. The highest BCUT2D eigenvalue weighted by Crippen LogP contribution is 2.27. The Bertz CT molecular complexity index is 101. The number of halogens is 3. The molecule has 0 amide bonds. The third-order valence-corrected chi connectivity index (χ3v) is 0.810. The monoisotopic (exact) mass is 249 g/mol. The van der Waals surface area contributed by atoms with Crippen molar-refractivity contribution in [3.8, 4) is 0 Å². The minimum Gasteiger partial charge on any atom is -0.264 e. The number of hydrogen-bond acceptors (Lipinski definition) is 2. The van der Waals surface area contributed by atoms with E-state index in [1.807, 2.05) is 0 Å². The van der Waals surface area contributed by atoms with Crippen molar-refractivity contribution in [3.63, 3.8) is 0 Å². The van der Waals surface area contributed by atoms with Crippen LogP contribution in [0.15, 0.2) is 0 Å². The SMILES string of the molecule is O=[N+]([O-])CC(F)(Br)Br. The summed E-state index contributed by atoms with van der Waals surface area (Å²) >= 11 is 4.77. The molecule has 0 aliphatic heterocycles. The predicted molar refractivity (Wildman–Crippen MR) is 33.6 cm³/mol. The fourth-order valence-electron chi connectivity index (χ4n) is 0.146. The van der Waals surface area contributed by atoms with E-state index in [1.54, 1.807) is 0 Å². The summed E-state index contributed by atoms with van der Waals surface area (Å²) in [5, 5.41) is 9.52. The molecule has 0 saturated carbocycles. The number of hydrogen-bond donors (Lipinski definition) is 0. The Kier molecular flexibility index (Phi) is 2.82. The Morgan fingerprint density at radius 3 is 2.12 bits per heavy atom. The lowest BCUT2D eigenvalue weighted by Gasteiger charge is -2.00. The molecule has 0 radical (unpaired) electrons. The number of nitrogens with zero attached hydrogens (tertiary/aromatic N) is 1. The third kappa shape index (κ3) is 6.29. The van der Waals surface area contributed by atoms with Crippen molar-refractivity contribution in [1.29, 1.82) is 0 Å². The van der Waals surface area contributed by atoms with Crippen molar-refractivity contribution in [3.05, 3.63) is 10.1 Å². The molecule has 0 aliphatic rings. The second-order valence-electron chi connectivity index (χ2n) is 1.11. The van der Waals surface area contributed by atoms with E-state index < -0.39 is 15.0 Å². The molecule has 0 saturated heterocycles. The first-order valence-electron chi connectivity index (χ1n) is 1.60. The zero-order valence-corrected chi connectivity index (χ0v) is 6.78. The Balaban J connectivity index is 3.55. The van der Waals surface area contributed by atoms with Crippen LogP contribution >= 0.6 is 31.9 Å². The van der Waals surface area contributed by atoms with Crippen molar-refractivity contribution in [2.45, 2.75) is 3.49 Å². The Labute approximate surface area is 61.7 Å². The third-order valence-electron chi connectivity index (χ3n) is 0.308. The molecule has 0 atom stereocenters. The van der Waals surface area contributed by atoms with Crippen molar-refractivity contribution in [2.24, 2.45) is 0 Å². The summed E-state index contributed by atoms with van der Waals surface area (Å²) in [6.07, 6.45) is 0. The second-order valence-corrected chi connectivity index (χ2v) is 4.68. The number of alkyl halides is 3. The predicted octanol–water partition coefficient (Wildman–Crippen LogP) is 1.68. The quantitative estimate of drug-likeness (QED) is 0.425. The van der Waals surface area contributed by atoms with Crippen LogP contribution < -0.4 is 0 Å². The molecule has 0 spiro atoms. The molecule has 0 aromatic heterocycles. The highest BCUT2D eigenvalue weighted by Gasteiger charge is 2.27. The van der Waals surface area contributed by atoms with E-state index in [9.17, 15) is 14.5 Å². The lowest BCUT2D eigenvalue weighted by atomic mass is 10.8. The van der Waals surface area contributed by atoms with Gasteiger partial charge in [-0.05, 0) is 31.9 Å². The maximum absolute atomic E-state index is 12.0. The van der Waals surface area contributed by atoms with Gasteiger partial charge in [0.25, 0.3) is 10.0 Å². The molecule has 8 heavy (non-hydrogen) atoms. The highest BCUT2D eigenvalue weighted by molar-refractivity contribution is 9.25. The summed E-state index contributed by atoms with van der Waals surface area (Å²) in [5.74, 6) is 0. The van der Waals surface area contributed by atoms with Crippen LogP contribution in [0.4, 0.5) is 4.39 Å². The number of nitro groups is 1. The van der Waals surface area contributed by atoms with Gasteiger partial charge in [0.15, 0.2) is 0 Å². The molecule has 0 heterocycles. The van der Waals surface area contributed by atoms with Gasteiger partial charge in [-0.2, -0.15) is 0 Å². The van der Waals surface area contributed by atoms with Crippen LogP contribution in [0.1, 0.15) is 0 Å². The molecular formula is C2H2Br2FNO2. The molecule has 3 nitrogen and oxygen atoms in total. The molecule has 0 fully saturated rings. The van der Waals surface area contributed by atoms with Crippen molar-refractivity contribution < 1.29 is 9.31 Å². The van der Waals surface area contributed by atoms with Gasteiger partial charge in [0.1, 0.15) is 0 Å². The van der Waals surface area contributed by atoms with Gasteiger partial charge in [-0.1, -0.05) is 0 Å². The molecule has 48 valence electrons. The normalized spacial score (nSPS) is 11.4. The van der Waals surface area contributed by atoms with Gasteiger partial charge >= 0.3 is 0 Å². The first-order chi connectivity index (χ1) is 3.42. The Morgan fingerprint density at radius 1 is 1.75 bits per heavy atom. The zero-order valence-electron chi connectivity index (χ0n) is 3.60. The average Bonchev–Trinajstić information content (AvgIpc) is 1.21. The fourth-order valence-corrected chi connectivity index (χ4v) is 0.556. The second kappa shape index (κ2) is 2.72. The van der Waals surface area contributed by atoms with Gasteiger partial charge in [-0.25, -0.2) is 4.39 Å². The topological polar surface area (TPSA) is 43.1 Å². The number of rotatable bonds is 2. The first-order valence-corrected chi connectivity index (χ1v) is 3.19. The standard InChI is InChI=1S/C2H2Br2FNO2/c3-2(4,5)1-6(7)8/h1H2. The minimum atomic E-state index is -2.05. The maximum atomic E-state index is 12.0. The molecular weight excluding hydrogens is 249 g/mol. The van der Waals surface area contributed by atoms with Gasteiger partial charge in [0, 0.05) is 4.92 Å². The van der Waals surface area contributed by atoms with Gasteiger partial charge in [-0.3, -0.25) is 10.1 Å². The van der Waals surface area contributed by atoms with E-state index in [-0.39, 0.29) is 0 Å². The van der Waals surface area contributed by atoms with Crippen molar-refractivity contribution in [1.82, 2.24) is 0 Å². The van der Waals surface area contributed by atoms with E-state index in [2.05, 4.69) is 31.9 Å². The summed E-state index contributed by atoms with van der Waals surface area (Å²) < 4.78 is 9.98. The molecule has 0 bridgehead atoms. The molecule has 0 unspecified atom stereocenters. The molecule has 0 rings (SSSR count).